The van der Waals surface area contributed by atoms with Crippen molar-refractivity contribution in [3.8, 4) is 0 Å². The summed E-state index contributed by atoms with van der Waals surface area (Å²) in [6.07, 6.45) is 5.61. The highest BCUT2D eigenvalue weighted by Gasteiger charge is 2.66. The summed E-state index contributed by atoms with van der Waals surface area (Å²) in [5.74, 6) is 0.938. The van der Waals surface area contributed by atoms with Crippen molar-refractivity contribution < 1.29 is 14.4 Å². The van der Waals surface area contributed by atoms with Crippen LogP contribution in [0.5, 0.6) is 0 Å². The van der Waals surface area contributed by atoms with Gasteiger partial charge in [0.15, 0.2) is 0 Å². The monoisotopic (exact) mass is 386 g/mol. The van der Waals surface area contributed by atoms with E-state index in [2.05, 4.69) is 17.5 Å². The van der Waals surface area contributed by atoms with E-state index in [-0.39, 0.29) is 54.4 Å². The summed E-state index contributed by atoms with van der Waals surface area (Å²) in [5, 5.41) is 4.98. The first kappa shape index (κ1) is 17.0. The van der Waals surface area contributed by atoms with Gasteiger partial charge in [0, 0.05) is 24.0 Å². The molecular weight excluding hydrogens is 364 g/mol. The van der Waals surface area contributed by atoms with Gasteiger partial charge in [-0.3, -0.25) is 19.3 Å². The fourth-order valence-electron chi connectivity index (χ4n) is 6.00. The Morgan fingerprint density at radius 1 is 0.931 bits per heavy atom. The predicted octanol–water partition coefficient (Wildman–Crippen LogP) is 3.22. The maximum Gasteiger partial charge on any atom is 0.233 e. The summed E-state index contributed by atoms with van der Waals surface area (Å²) in [6.45, 7) is 0.163. The molecular formula is C24H22N2O3. The second kappa shape index (κ2) is 6.02. The van der Waals surface area contributed by atoms with Crippen LogP contribution in [0.4, 0.5) is 5.69 Å². The number of rotatable bonds is 4. The number of nitrogens with zero attached hydrogens (tertiary/aromatic N) is 1. The summed E-state index contributed by atoms with van der Waals surface area (Å²) in [5.41, 5.74) is 0.753. The average molecular weight is 386 g/mol. The Balaban J connectivity index is 1.15. The van der Waals surface area contributed by atoms with E-state index in [4.69, 9.17) is 0 Å². The van der Waals surface area contributed by atoms with Gasteiger partial charge in [0.2, 0.25) is 17.7 Å². The summed E-state index contributed by atoms with van der Waals surface area (Å²) in [7, 11) is 0. The lowest BCUT2D eigenvalue weighted by atomic mass is 9.63. The van der Waals surface area contributed by atoms with Crippen molar-refractivity contribution in [2.75, 3.05) is 11.9 Å². The number of amides is 3. The normalized spacial score (nSPS) is 33.7. The highest BCUT2D eigenvalue weighted by molar-refractivity contribution is 6.07. The van der Waals surface area contributed by atoms with Crippen molar-refractivity contribution in [1.82, 2.24) is 4.90 Å². The first-order valence-electron chi connectivity index (χ1n) is 10.4. The summed E-state index contributed by atoms with van der Waals surface area (Å²) in [4.78, 5) is 39.9. The van der Waals surface area contributed by atoms with Crippen LogP contribution in [-0.4, -0.2) is 29.2 Å². The van der Waals surface area contributed by atoms with Crippen LogP contribution in [0.3, 0.4) is 0 Å². The minimum Gasteiger partial charge on any atom is -0.325 e. The molecule has 3 amide bonds. The first-order valence-corrected chi connectivity index (χ1v) is 10.4. The average Bonchev–Trinajstić information content (AvgIpc) is 3.52. The van der Waals surface area contributed by atoms with Gasteiger partial charge in [0.1, 0.15) is 0 Å². The summed E-state index contributed by atoms with van der Waals surface area (Å²) in [6, 6.07) is 13.7. The van der Waals surface area contributed by atoms with Crippen molar-refractivity contribution in [3.63, 3.8) is 0 Å². The van der Waals surface area contributed by atoms with Crippen LogP contribution in [0.15, 0.2) is 54.6 Å². The van der Waals surface area contributed by atoms with Gasteiger partial charge in [-0.05, 0) is 41.5 Å². The maximum absolute atomic E-state index is 13.0. The third-order valence-electron chi connectivity index (χ3n) is 7.38. The molecule has 1 heterocycles. The van der Waals surface area contributed by atoms with E-state index in [1.165, 1.54) is 4.90 Å². The second-order valence-corrected chi connectivity index (χ2v) is 8.81. The summed E-state index contributed by atoms with van der Waals surface area (Å²) < 4.78 is 0. The lowest BCUT2D eigenvalue weighted by Gasteiger charge is -2.37. The summed E-state index contributed by atoms with van der Waals surface area (Å²) >= 11 is 0. The molecule has 3 fully saturated rings. The number of fused-ring (bicyclic) bond motifs is 1. The van der Waals surface area contributed by atoms with Crippen molar-refractivity contribution in [1.29, 1.82) is 0 Å². The lowest BCUT2D eigenvalue weighted by Crippen LogP contribution is -2.40. The highest BCUT2D eigenvalue weighted by atomic mass is 16.2. The third kappa shape index (κ3) is 2.43. The van der Waals surface area contributed by atoms with Crippen molar-refractivity contribution in [2.24, 2.45) is 35.5 Å². The van der Waals surface area contributed by atoms with Crippen LogP contribution < -0.4 is 5.32 Å². The molecule has 1 saturated heterocycles. The molecule has 2 saturated carbocycles. The Morgan fingerprint density at radius 2 is 1.59 bits per heavy atom. The zero-order valence-electron chi connectivity index (χ0n) is 16.0. The van der Waals surface area contributed by atoms with Crippen LogP contribution >= 0.6 is 0 Å². The Morgan fingerprint density at radius 3 is 2.31 bits per heavy atom. The van der Waals surface area contributed by atoms with Crippen LogP contribution in [0.2, 0.25) is 0 Å². The highest BCUT2D eigenvalue weighted by Crippen LogP contribution is 2.65. The maximum atomic E-state index is 13.0. The molecule has 0 spiro atoms. The van der Waals surface area contributed by atoms with Crippen LogP contribution in [-0.2, 0) is 14.4 Å². The van der Waals surface area contributed by atoms with E-state index in [1.54, 1.807) is 0 Å². The number of carbonyl (C=O) groups excluding carboxylic acids is 3. The van der Waals surface area contributed by atoms with Gasteiger partial charge in [-0.25, -0.2) is 0 Å². The van der Waals surface area contributed by atoms with Gasteiger partial charge >= 0.3 is 0 Å². The van der Waals surface area contributed by atoms with Gasteiger partial charge in [0.25, 0.3) is 0 Å². The molecule has 1 N–H and O–H groups in total. The Bertz CT molecular complexity index is 1050. The SMILES string of the molecule is O=C(CCN1C(=O)[C@@H]2[C@H]3C=C[C@@H]([C@@H]4C[C@@H]34)[C@@H]2C1=O)Nc1cccc2ccccc12. The minimum atomic E-state index is -0.192. The third-order valence-corrected chi connectivity index (χ3v) is 7.38. The van der Waals surface area contributed by atoms with Gasteiger partial charge < -0.3 is 5.32 Å². The number of benzene rings is 2. The molecule has 0 unspecified atom stereocenters. The molecule has 2 aromatic rings. The zero-order valence-corrected chi connectivity index (χ0v) is 16.0. The topological polar surface area (TPSA) is 66.5 Å². The van der Waals surface area contributed by atoms with Gasteiger partial charge in [-0.15, -0.1) is 0 Å². The van der Waals surface area contributed by atoms with Crippen LogP contribution in [0.25, 0.3) is 10.8 Å². The number of hydrogen-bond acceptors (Lipinski definition) is 3. The number of hydrogen-bond donors (Lipinski definition) is 1. The van der Waals surface area contributed by atoms with Gasteiger partial charge in [0.05, 0.1) is 11.8 Å². The van der Waals surface area contributed by atoms with Crippen molar-refractivity contribution >= 4 is 34.2 Å². The molecule has 0 radical (unpaired) electrons. The molecule has 6 atom stereocenters. The van der Waals surface area contributed by atoms with Crippen LogP contribution in [0.1, 0.15) is 12.8 Å². The van der Waals surface area contributed by atoms with E-state index in [0.29, 0.717) is 11.8 Å². The Hall–Kier alpha value is -2.95. The number of imide groups is 1. The van der Waals surface area contributed by atoms with Crippen LogP contribution in [0, 0.1) is 35.5 Å². The largest absolute Gasteiger partial charge is 0.325 e. The zero-order chi connectivity index (χ0) is 19.7. The van der Waals surface area contributed by atoms with Gasteiger partial charge in [-0.2, -0.15) is 0 Å². The van der Waals surface area contributed by atoms with Crippen molar-refractivity contribution in [2.45, 2.75) is 12.8 Å². The quantitative estimate of drug-likeness (QED) is 0.648. The fourth-order valence-corrected chi connectivity index (χ4v) is 6.00. The fraction of sp³-hybridized carbons (Fsp3) is 0.375. The van der Waals surface area contributed by atoms with E-state index in [9.17, 15) is 14.4 Å². The van der Waals surface area contributed by atoms with E-state index >= 15 is 0 Å². The Labute approximate surface area is 168 Å². The number of likely N-dealkylation sites (tertiary alicyclic amines) is 1. The molecule has 29 heavy (non-hydrogen) atoms. The lowest BCUT2D eigenvalue weighted by molar-refractivity contribution is -0.140. The second-order valence-electron chi connectivity index (χ2n) is 8.81. The Kier molecular flexibility index (Phi) is 3.52. The van der Waals surface area contributed by atoms with E-state index in [1.807, 2.05) is 42.5 Å². The molecule has 4 aliphatic carbocycles. The minimum absolute atomic E-state index is 0.0670. The molecule has 5 aliphatic rings. The number of allylic oxidation sites excluding steroid dienone is 2. The van der Waals surface area contributed by atoms with Crippen molar-refractivity contribution in [3.05, 3.63) is 54.6 Å². The molecule has 7 rings (SSSR count). The molecule has 146 valence electrons. The molecule has 2 bridgehead atoms. The number of carbonyl (C=O) groups is 3. The molecule has 5 heteroatoms. The number of nitrogens with one attached hydrogen (secondary N) is 1. The first-order chi connectivity index (χ1) is 14.1. The smallest absolute Gasteiger partial charge is 0.233 e. The number of anilines is 1. The van der Waals surface area contributed by atoms with E-state index < -0.39 is 0 Å². The van der Waals surface area contributed by atoms with Gasteiger partial charge in [-0.1, -0.05) is 48.6 Å². The molecule has 2 aromatic carbocycles. The molecule has 0 aromatic heterocycles. The molecule has 5 nitrogen and oxygen atoms in total. The standard InChI is InChI=1S/C24H22N2O3/c27-20(25-19-7-3-5-13-4-1-2-6-14(13)19)10-11-26-23(28)21-15-8-9-16(18-12-17(15)18)22(21)24(26)29/h1-9,15-18,21-22H,10-12H2,(H,25,27)/t15-,16-,17-,18-,21-,22+/m0/s1. The predicted molar refractivity (Wildman–Crippen MR) is 109 cm³/mol. The molecule has 1 aliphatic heterocycles. The van der Waals surface area contributed by atoms with E-state index in [0.717, 1.165) is 22.9 Å².